The third-order valence-electron chi connectivity index (χ3n) is 2.65. The summed E-state index contributed by atoms with van der Waals surface area (Å²) in [5.74, 6) is -0.236. The van der Waals surface area contributed by atoms with Crippen molar-refractivity contribution < 1.29 is 8.81 Å². The third kappa shape index (κ3) is 2.18. The predicted octanol–water partition coefficient (Wildman–Crippen LogP) is 3.58. The van der Waals surface area contributed by atoms with Crippen LogP contribution in [0.3, 0.4) is 0 Å². The van der Waals surface area contributed by atoms with E-state index in [1.54, 1.807) is 12.1 Å². The van der Waals surface area contributed by atoms with Crippen LogP contribution in [0.5, 0.6) is 0 Å². The first-order chi connectivity index (χ1) is 8.81. The number of fused-ring (bicyclic) bond motifs is 1. The van der Waals surface area contributed by atoms with Gasteiger partial charge in [-0.3, -0.25) is 0 Å². The Balaban J connectivity index is 1.74. The third-order valence-corrected chi connectivity index (χ3v) is 2.65. The average Bonchev–Trinajstić information content (AvgIpc) is 2.81. The van der Waals surface area contributed by atoms with Crippen LogP contribution in [-0.2, 0) is 6.54 Å². The lowest BCUT2D eigenvalue weighted by Gasteiger charge is -2.01. The lowest BCUT2D eigenvalue weighted by molar-refractivity contribution is 0.614. The van der Waals surface area contributed by atoms with Gasteiger partial charge in [-0.15, -0.1) is 0 Å². The molecule has 0 aliphatic heterocycles. The SMILES string of the molecule is Fc1ccc(CNc2nc3ccccc3o2)cc1. The topological polar surface area (TPSA) is 38.1 Å². The zero-order valence-corrected chi connectivity index (χ0v) is 9.56. The van der Waals surface area contributed by atoms with E-state index >= 15 is 0 Å². The molecule has 0 saturated carbocycles. The molecule has 4 heteroatoms. The molecule has 0 spiro atoms. The molecular formula is C14H11FN2O. The standard InChI is InChI=1S/C14H11FN2O/c15-11-7-5-10(6-8-11)9-16-14-17-12-3-1-2-4-13(12)18-14/h1-8H,9H2,(H,16,17). The van der Waals surface area contributed by atoms with E-state index < -0.39 is 0 Å². The summed E-state index contributed by atoms with van der Waals surface area (Å²) in [6, 6.07) is 14.4. The minimum absolute atomic E-state index is 0.236. The molecule has 90 valence electrons. The summed E-state index contributed by atoms with van der Waals surface area (Å²) in [6.07, 6.45) is 0. The van der Waals surface area contributed by atoms with Crippen molar-refractivity contribution >= 4 is 17.1 Å². The molecule has 2 aromatic carbocycles. The highest BCUT2D eigenvalue weighted by Gasteiger charge is 2.03. The highest BCUT2D eigenvalue weighted by atomic mass is 19.1. The van der Waals surface area contributed by atoms with Gasteiger partial charge in [0, 0.05) is 6.54 Å². The van der Waals surface area contributed by atoms with E-state index in [9.17, 15) is 4.39 Å². The number of nitrogens with one attached hydrogen (secondary N) is 1. The maximum Gasteiger partial charge on any atom is 0.295 e. The van der Waals surface area contributed by atoms with Gasteiger partial charge in [0.15, 0.2) is 5.58 Å². The maximum absolute atomic E-state index is 12.7. The van der Waals surface area contributed by atoms with Crippen LogP contribution in [0.15, 0.2) is 52.9 Å². The van der Waals surface area contributed by atoms with Crippen molar-refractivity contribution in [2.45, 2.75) is 6.54 Å². The molecule has 0 radical (unpaired) electrons. The van der Waals surface area contributed by atoms with E-state index in [1.165, 1.54) is 12.1 Å². The van der Waals surface area contributed by atoms with E-state index in [2.05, 4.69) is 10.3 Å². The Morgan fingerprint density at radius 3 is 2.61 bits per heavy atom. The van der Waals surface area contributed by atoms with Crippen molar-refractivity contribution in [1.29, 1.82) is 0 Å². The molecule has 18 heavy (non-hydrogen) atoms. The summed E-state index contributed by atoms with van der Waals surface area (Å²) in [7, 11) is 0. The first kappa shape index (κ1) is 10.8. The number of para-hydroxylation sites is 2. The molecule has 3 nitrogen and oxygen atoms in total. The van der Waals surface area contributed by atoms with Gasteiger partial charge in [0.2, 0.25) is 0 Å². The predicted molar refractivity (Wildman–Crippen MR) is 67.7 cm³/mol. The summed E-state index contributed by atoms with van der Waals surface area (Å²) >= 11 is 0. The van der Waals surface area contributed by atoms with Crippen LogP contribution in [0.2, 0.25) is 0 Å². The summed E-state index contributed by atoms with van der Waals surface area (Å²) in [5, 5.41) is 3.07. The second kappa shape index (κ2) is 4.49. The van der Waals surface area contributed by atoms with Crippen LogP contribution in [0.4, 0.5) is 10.4 Å². The van der Waals surface area contributed by atoms with Crippen LogP contribution >= 0.6 is 0 Å². The number of anilines is 1. The number of oxazole rings is 1. The minimum Gasteiger partial charge on any atom is -0.424 e. The maximum atomic E-state index is 12.7. The van der Waals surface area contributed by atoms with Gasteiger partial charge in [-0.05, 0) is 29.8 Å². The summed E-state index contributed by atoms with van der Waals surface area (Å²) in [5.41, 5.74) is 2.54. The number of hydrogen-bond acceptors (Lipinski definition) is 3. The fourth-order valence-electron chi connectivity index (χ4n) is 1.73. The molecule has 0 bridgehead atoms. The smallest absolute Gasteiger partial charge is 0.295 e. The quantitative estimate of drug-likeness (QED) is 0.762. The van der Waals surface area contributed by atoms with Crippen molar-refractivity contribution in [2.24, 2.45) is 0 Å². The fraction of sp³-hybridized carbons (Fsp3) is 0.0714. The lowest BCUT2D eigenvalue weighted by Crippen LogP contribution is -1.99. The zero-order chi connectivity index (χ0) is 12.4. The van der Waals surface area contributed by atoms with Crippen molar-refractivity contribution in [3.05, 3.63) is 59.9 Å². The first-order valence-corrected chi connectivity index (χ1v) is 5.65. The van der Waals surface area contributed by atoms with Gasteiger partial charge < -0.3 is 9.73 Å². The number of benzene rings is 2. The lowest BCUT2D eigenvalue weighted by atomic mass is 10.2. The van der Waals surface area contributed by atoms with Crippen molar-refractivity contribution in [3.8, 4) is 0 Å². The molecule has 3 rings (SSSR count). The van der Waals surface area contributed by atoms with Crippen LogP contribution in [-0.4, -0.2) is 4.98 Å². The Labute approximate surface area is 103 Å². The van der Waals surface area contributed by atoms with Gasteiger partial charge in [-0.25, -0.2) is 4.39 Å². The molecule has 0 aliphatic rings. The van der Waals surface area contributed by atoms with Gasteiger partial charge in [0.1, 0.15) is 11.3 Å². The molecule has 0 amide bonds. The Bertz CT molecular complexity index is 628. The fourth-order valence-corrected chi connectivity index (χ4v) is 1.73. The second-order valence-electron chi connectivity index (χ2n) is 3.97. The second-order valence-corrected chi connectivity index (χ2v) is 3.97. The summed E-state index contributed by atoms with van der Waals surface area (Å²) < 4.78 is 18.3. The minimum atomic E-state index is -0.236. The van der Waals surface area contributed by atoms with E-state index in [-0.39, 0.29) is 5.82 Å². The van der Waals surface area contributed by atoms with Crippen LogP contribution in [0, 0.1) is 5.82 Å². The molecule has 1 aromatic heterocycles. The molecular weight excluding hydrogens is 231 g/mol. The van der Waals surface area contributed by atoms with Crippen LogP contribution in [0.1, 0.15) is 5.56 Å². The Morgan fingerprint density at radius 1 is 1.06 bits per heavy atom. The molecule has 0 saturated heterocycles. The van der Waals surface area contributed by atoms with Gasteiger partial charge in [-0.2, -0.15) is 4.98 Å². The molecule has 0 fully saturated rings. The molecule has 1 heterocycles. The molecule has 0 atom stereocenters. The number of aromatic nitrogens is 1. The number of halogens is 1. The van der Waals surface area contributed by atoms with Gasteiger partial charge in [-0.1, -0.05) is 24.3 Å². The van der Waals surface area contributed by atoms with E-state index in [4.69, 9.17) is 4.42 Å². The van der Waals surface area contributed by atoms with Gasteiger partial charge >= 0.3 is 0 Å². The highest BCUT2D eigenvalue weighted by Crippen LogP contribution is 2.18. The van der Waals surface area contributed by atoms with Crippen molar-refractivity contribution in [2.75, 3.05) is 5.32 Å². The van der Waals surface area contributed by atoms with Gasteiger partial charge in [0.05, 0.1) is 0 Å². The zero-order valence-electron chi connectivity index (χ0n) is 9.56. The van der Waals surface area contributed by atoms with Gasteiger partial charge in [0.25, 0.3) is 6.01 Å². The average molecular weight is 242 g/mol. The molecule has 3 aromatic rings. The highest BCUT2D eigenvalue weighted by molar-refractivity contribution is 5.74. The molecule has 0 aliphatic carbocycles. The van der Waals surface area contributed by atoms with E-state index in [0.717, 1.165) is 16.7 Å². The van der Waals surface area contributed by atoms with E-state index in [1.807, 2.05) is 24.3 Å². The van der Waals surface area contributed by atoms with E-state index in [0.29, 0.717) is 12.6 Å². The summed E-state index contributed by atoms with van der Waals surface area (Å²) in [6.45, 7) is 0.549. The number of nitrogens with zero attached hydrogens (tertiary/aromatic N) is 1. The van der Waals surface area contributed by atoms with Crippen LogP contribution in [0.25, 0.3) is 11.1 Å². The Hall–Kier alpha value is -2.36. The van der Waals surface area contributed by atoms with Crippen molar-refractivity contribution in [3.63, 3.8) is 0 Å². The number of hydrogen-bond donors (Lipinski definition) is 1. The molecule has 0 unspecified atom stereocenters. The van der Waals surface area contributed by atoms with Crippen molar-refractivity contribution in [1.82, 2.24) is 4.98 Å². The first-order valence-electron chi connectivity index (χ1n) is 5.65. The Morgan fingerprint density at radius 2 is 1.83 bits per heavy atom. The monoisotopic (exact) mass is 242 g/mol. The number of rotatable bonds is 3. The Kier molecular flexibility index (Phi) is 2.68. The van der Waals surface area contributed by atoms with Crippen LogP contribution < -0.4 is 5.32 Å². The largest absolute Gasteiger partial charge is 0.424 e. The summed E-state index contributed by atoms with van der Waals surface area (Å²) in [4.78, 5) is 4.29. The normalized spacial score (nSPS) is 10.7. The molecule has 1 N–H and O–H groups in total.